The van der Waals surface area contributed by atoms with Crippen LogP contribution in [-0.2, 0) is 6.54 Å². The first-order valence-corrected chi connectivity index (χ1v) is 10.1. The summed E-state index contributed by atoms with van der Waals surface area (Å²) in [6.45, 7) is 7.30. The van der Waals surface area contributed by atoms with E-state index in [9.17, 15) is 4.79 Å². The van der Waals surface area contributed by atoms with E-state index in [1.165, 1.54) is 11.3 Å². The summed E-state index contributed by atoms with van der Waals surface area (Å²) in [6, 6.07) is 9.82. The van der Waals surface area contributed by atoms with Gasteiger partial charge in [0.25, 0.3) is 5.56 Å². The van der Waals surface area contributed by atoms with E-state index < -0.39 is 0 Å². The van der Waals surface area contributed by atoms with Crippen LogP contribution in [0.4, 0.5) is 5.69 Å². The molecule has 7 heteroatoms. The van der Waals surface area contributed by atoms with E-state index in [0.717, 1.165) is 47.4 Å². The third kappa shape index (κ3) is 3.57. The number of hydrogen-bond donors (Lipinski definition) is 0. The first kappa shape index (κ1) is 18.0. The molecule has 27 heavy (non-hydrogen) atoms. The summed E-state index contributed by atoms with van der Waals surface area (Å²) in [5.74, 6) is 0.941. The number of fused-ring (bicyclic) bond motifs is 2. The average Bonchev–Trinajstić information content (AvgIpc) is 3.02. The molecule has 1 unspecified atom stereocenters. The van der Waals surface area contributed by atoms with Crippen molar-refractivity contribution in [3.05, 3.63) is 57.5 Å². The summed E-state index contributed by atoms with van der Waals surface area (Å²) in [5, 5.41) is 1.96. The Labute approximate surface area is 162 Å². The summed E-state index contributed by atoms with van der Waals surface area (Å²) in [4.78, 5) is 22.3. The summed E-state index contributed by atoms with van der Waals surface area (Å²) in [5.41, 5.74) is 2.88. The van der Waals surface area contributed by atoms with Gasteiger partial charge < -0.3 is 9.64 Å². The zero-order chi connectivity index (χ0) is 19.0. The Kier molecular flexibility index (Phi) is 4.88. The lowest BCUT2D eigenvalue weighted by Gasteiger charge is -2.37. The maximum atomic E-state index is 12.4. The molecule has 6 nitrogen and oxygen atoms in total. The molecule has 0 saturated carbocycles. The number of aryl methyl sites for hydroxylation is 1. The van der Waals surface area contributed by atoms with E-state index in [2.05, 4.69) is 27.8 Å². The van der Waals surface area contributed by atoms with Crippen LogP contribution in [0.25, 0.3) is 4.96 Å². The number of ether oxygens (including phenoxy) is 1. The molecule has 0 saturated heterocycles. The third-order valence-electron chi connectivity index (χ3n) is 4.88. The molecule has 1 aliphatic rings. The van der Waals surface area contributed by atoms with Gasteiger partial charge in [0.2, 0.25) is 0 Å². The van der Waals surface area contributed by atoms with Crippen LogP contribution in [0.3, 0.4) is 0 Å². The molecule has 0 amide bonds. The number of rotatable bonds is 5. The minimum atomic E-state index is -0.0119. The molecule has 0 aliphatic carbocycles. The van der Waals surface area contributed by atoms with Gasteiger partial charge in [-0.05, 0) is 33.0 Å². The molecule has 1 aliphatic heterocycles. The summed E-state index contributed by atoms with van der Waals surface area (Å²) in [6.07, 6.45) is 0.0821. The number of para-hydroxylation sites is 2. The second kappa shape index (κ2) is 7.32. The van der Waals surface area contributed by atoms with Gasteiger partial charge in [0, 0.05) is 36.8 Å². The van der Waals surface area contributed by atoms with Crippen LogP contribution in [0.2, 0.25) is 0 Å². The first-order valence-electron chi connectivity index (χ1n) is 9.21. The maximum absolute atomic E-state index is 12.4. The number of benzene rings is 1. The van der Waals surface area contributed by atoms with Crippen molar-refractivity contribution in [2.24, 2.45) is 0 Å². The van der Waals surface area contributed by atoms with Crippen molar-refractivity contribution >= 4 is 22.0 Å². The number of likely N-dealkylation sites (N-methyl/N-ethyl adjacent to an activating group) is 2. The topological polar surface area (TPSA) is 50.1 Å². The van der Waals surface area contributed by atoms with Crippen LogP contribution >= 0.6 is 11.3 Å². The van der Waals surface area contributed by atoms with Gasteiger partial charge in [-0.15, -0.1) is 11.3 Å². The normalized spacial score (nSPS) is 16.6. The summed E-state index contributed by atoms with van der Waals surface area (Å²) < 4.78 is 7.86. The highest BCUT2D eigenvalue weighted by molar-refractivity contribution is 7.15. The van der Waals surface area contributed by atoms with Crippen molar-refractivity contribution in [2.45, 2.75) is 26.5 Å². The molecule has 0 bridgehead atoms. The fourth-order valence-electron chi connectivity index (χ4n) is 3.64. The van der Waals surface area contributed by atoms with E-state index in [4.69, 9.17) is 4.74 Å². The van der Waals surface area contributed by atoms with Gasteiger partial charge in [0.15, 0.2) is 4.96 Å². The smallest absolute Gasteiger partial charge is 0.259 e. The third-order valence-corrected chi connectivity index (χ3v) is 5.82. The van der Waals surface area contributed by atoms with Crippen LogP contribution < -0.4 is 15.2 Å². The molecule has 0 spiro atoms. The zero-order valence-electron chi connectivity index (χ0n) is 15.9. The van der Waals surface area contributed by atoms with Crippen LogP contribution in [0.1, 0.15) is 18.3 Å². The highest BCUT2D eigenvalue weighted by atomic mass is 32.1. The van der Waals surface area contributed by atoms with Gasteiger partial charge in [-0.2, -0.15) is 0 Å². The molecule has 3 aromatic rings. The van der Waals surface area contributed by atoms with Crippen molar-refractivity contribution in [2.75, 3.05) is 31.6 Å². The van der Waals surface area contributed by atoms with E-state index in [0.29, 0.717) is 6.54 Å². The van der Waals surface area contributed by atoms with Gasteiger partial charge >= 0.3 is 0 Å². The maximum Gasteiger partial charge on any atom is 0.259 e. The molecular weight excluding hydrogens is 360 g/mol. The second-order valence-corrected chi connectivity index (χ2v) is 7.86. The van der Waals surface area contributed by atoms with Crippen LogP contribution in [0.15, 0.2) is 40.5 Å². The number of thiazole rings is 1. The van der Waals surface area contributed by atoms with Crippen molar-refractivity contribution < 1.29 is 4.74 Å². The van der Waals surface area contributed by atoms with Crippen molar-refractivity contribution in [3.8, 4) is 5.75 Å². The second-order valence-electron chi connectivity index (χ2n) is 7.02. The summed E-state index contributed by atoms with van der Waals surface area (Å²) >= 11 is 1.50. The molecule has 1 atom stereocenters. The lowest BCUT2D eigenvalue weighted by atomic mass is 10.2. The Balaban J connectivity index is 1.47. The Morgan fingerprint density at radius 1 is 1.37 bits per heavy atom. The number of anilines is 1. The van der Waals surface area contributed by atoms with Crippen LogP contribution in [0, 0.1) is 6.92 Å². The molecule has 0 fully saturated rings. The number of aromatic nitrogens is 2. The first-order chi connectivity index (χ1) is 13.0. The zero-order valence-corrected chi connectivity index (χ0v) is 16.7. The number of hydrogen-bond acceptors (Lipinski definition) is 6. The Bertz CT molecular complexity index is 1010. The molecule has 3 heterocycles. The molecule has 2 aromatic heterocycles. The lowest BCUT2D eigenvalue weighted by molar-refractivity contribution is 0.139. The van der Waals surface area contributed by atoms with Gasteiger partial charge in [-0.25, -0.2) is 4.98 Å². The van der Waals surface area contributed by atoms with Gasteiger partial charge in [0.05, 0.1) is 17.9 Å². The monoisotopic (exact) mass is 384 g/mol. The largest absolute Gasteiger partial charge is 0.485 e. The summed E-state index contributed by atoms with van der Waals surface area (Å²) in [7, 11) is 2.04. The Morgan fingerprint density at radius 3 is 3.00 bits per heavy atom. The van der Waals surface area contributed by atoms with Gasteiger partial charge in [0.1, 0.15) is 11.9 Å². The predicted octanol–water partition coefficient (Wildman–Crippen LogP) is 2.78. The minimum Gasteiger partial charge on any atom is -0.485 e. The molecule has 142 valence electrons. The van der Waals surface area contributed by atoms with Crippen LogP contribution in [-0.4, -0.2) is 47.1 Å². The standard InChI is InChI=1S/C20H24N4O2S/c1-4-23-12-16(26-18-8-6-5-7-17(18)23)11-22(3)10-15-9-19(25)24-14(2)13-27-20(24)21-15/h5-9,13,16H,4,10-12H2,1-3H3. The molecule has 0 radical (unpaired) electrons. The van der Waals surface area contributed by atoms with E-state index in [-0.39, 0.29) is 11.7 Å². The fraction of sp³-hybridized carbons (Fsp3) is 0.400. The minimum absolute atomic E-state index is 0.0119. The lowest BCUT2D eigenvalue weighted by Crippen LogP contribution is -2.45. The highest BCUT2D eigenvalue weighted by Crippen LogP contribution is 2.32. The fourth-order valence-corrected chi connectivity index (χ4v) is 4.53. The van der Waals surface area contributed by atoms with Crippen molar-refractivity contribution in [3.63, 3.8) is 0 Å². The van der Waals surface area contributed by atoms with E-state index in [1.54, 1.807) is 10.5 Å². The molecule has 4 rings (SSSR count). The predicted molar refractivity (Wildman–Crippen MR) is 109 cm³/mol. The van der Waals surface area contributed by atoms with Gasteiger partial charge in [-0.1, -0.05) is 12.1 Å². The average molecular weight is 385 g/mol. The van der Waals surface area contributed by atoms with E-state index >= 15 is 0 Å². The SMILES string of the molecule is CCN1CC(CN(C)Cc2cc(=O)n3c(C)csc3n2)Oc2ccccc21. The molecule has 1 aromatic carbocycles. The van der Waals surface area contributed by atoms with E-state index in [1.807, 2.05) is 37.6 Å². The van der Waals surface area contributed by atoms with Crippen molar-refractivity contribution in [1.29, 1.82) is 0 Å². The quantitative estimate of drug-likeness (QED) is 0.677. The van der Waals surface area contributed by atoms with Crippen molar-refractivity contribution in [1.82, 2.24) is 14.3 Å². The van der Waals surface area contributed by atoms with Gasteiger partial charge in [-0.3, -0.25) is 14.1 Å². The molecular formula is C20H24N4O2S. The Hall–Kier alpha value is -2.38. The molecule has 0 N–H and O–H groups in total. The Morgan fingerprint density at radius 2 is 2.19 bits per heavy atom. The highest BCUT2D eigenvalue weighted by Gasteiger charge is 2.25. The van der Waals surface area contributed by atoms with Crippen LogP contribution in [0.5, 0.6) is 5.75 Å². The number of nitrogens with zero attached hydrogens (tertiary/aromatic N) is 4.